The lowest BCUT2D eigenvalue weighted by atomic mass is 9.37. The summed E-state index contributed by atoms with van der Waals surface area (Å²) in [4.78, 5) is 13.9. The molecular formula is C26H38N2O. The van der Waals surface area contributed by atoms with Crippen molar-refractivity contribution in [3.8, 4) is 0 Å². The highest BCUT2D eigenvalue weighted by Gasteiger charge is 2.65. The summed E-state index contributed by atoms with van der Waals surface area (Å²) in [6, 6.07) is 12.1. The van der Waals surface area contributed by atoms with Crippen LogP contribution in [0.1, 0.15) is 83.6 Å². The maximum Gasteiger partial charge on any atom is 0.226 e. The van der Waals surface area contributed by atoms with E-state index in [1.165, 1.54) is 37.7 Å². The van der Waals surface area contributed by atoms with Crippen molar-refractivity contribution in [2.75, 3.05) is 6.54 Å². The van der Waals surface area contributed by atoms with E-state index < -0.39 is 0 Å². The third-order valence-corrected chi connectivity index (χ3v) is 8.79. The highest BCUT2D eigenvalue weighted by atomic mass is 16.2. The van der Waals surface area contributed by atoms with Gasteiger partial charge in [0.15, 0.2) is 0 Å². The Morgan fingerprint density at radius 1 is 1.14 bits per heavy atom. The maximum atomic E-state index is 13.9. The Hall–Kier alpha value is -1.35. The fraction of sp³-hybridized carbons (Fsp3) is 0.731. The average molecular weight is 395 g/mol. The molecule has 2 N–H and O–H groups in total. The molecule has 0 spiro atoms. The molecule has 4 aliphatic carbocycles. The molecule has 0 radical (unpaired) electrons. The van der Waals surface area contributed by atoms with Crippen LogP contribution in [0.25, 0.3) is 0 Å². The van der Waals surface area contributed by atoms with Crippen LogP contribution < -0.4 is 10.6 Å². The second-order valence-electron chi connectivity index (χ2n) is 11.2. The van der Waals surface area contributed by atoms with Gasteiger partial charge in [-0.25, -0.2) is 0 Å². The summed E-state index contributed by atoms with van der Waals surface area (Å²) >= 11 is 0. The average Bonchev–Trinajstić information content (AvgIpc) is 2.68. The second-order valence-corrected chi connectivity index (χ2v) is 11.2. The van der Waals surface area contributed by atoms with Gasteiger partial charge in [-0.1, -0.05) is 43.7 Å². The number of hydrogen-bond donors (Lipinski definition) is 2. The van der Waals surface area contributed by atoms with Crippen molar-refractivity contribution in [1.82, 2.24) is 10.6 Å². The van der Waals surface area contributed by atoms with Gasteiger partial charge in [0.2, 0.25) is 5.91 Å². The fourth-order valence-electron chi connectivity index (χ4n) is 8.42. The quantitative estimate of drug-likeness (QED) is 0.742. The first-order valence-electron chi connectivity index (χ1n) is 12.1. The van der Waals surface area contributed by atoms with Crippen molar-refractivity contribution >= 4 is 5.91 Å². The molecule has 6 atom stereocenters. The zero-order chi connectivity index (χ0) is 20.1. The van der Waals surface area contributed by atoms with Crippen LogP contribution in [0, 0.1) is 16.7 Å². The van der Waals surface area contributed by atoms with Gasteiger partial charge < -0.3 is 10.6 Å². The monoisotopic (exact) mass is 394 g/mol. The molecule has 2 unspecified atom stereocenters. The van der Waals surface area contributed by atoms with E-state index in [-0.39, 0.29) is 10.8 Å². The molecule has 6 rings (SSSR count). The Labute approximate surface area is 176 Å². The second kappa shape index (κ2) is 7.11. The SMILES string of the molecule is CCC[C@]12CC3CC(C(=O)N[C@H]4CCN[C@@H](C)C4)(C1)C[C@@](c1ccccc1)(C3)C2. The first-order chi connectivity index (χ1) is 14.0. The van der Waals surface area contributed by atoms with Gasteiger partial charge in [-0.3, -0.25) is 4.79 Å². The van der Waals surface area contributed by atoms with E-state index in [1.54, 1.807) is 0 Å². The summed E-state index contributed by atoms with van der Waals surface area (Å²) in [5.41, 5.74) is 1.95. The van der Waals surface area contributed by atoms with Crippen LogP contribution in [0.3, 0.4) is 0 Å². The van der Waals surface area contributed by atoms with Crippen molar-refractivity contribution in [1.29, 1.82) is 0 Å². The van der Waals surface area contributed by atoms with Crippen LogP contribution in [0.15, 0.2) is 30.3 Å². The Kier molecular flexibility index (Phi) is 4.81. The molecule has 5 aliphatic rings. The molecule has 4 saturated carbocycles. The third kappa shape index (κ3) is 3.34. The summed E-state index contributed by atoms with van der Waals surface area (Å²) in [7, 11) is 0. The largest absolute Gasteiger partial charge is 0.353 e. The lowest BCUT2D eigenvalue weighted by Gasteiger charge is -2.66. The van der Waals surface area contributed by atoms with Gasteiger partial charge in [0.05, 0.1) is 5.41 Å². The van der Waals surface area contributed by atoms with E-state index in [0.717, 1.165) is 44.6 Å². The van der Waals surface area contributed by atoms with Crippen LogP contribution in [-0.4, -0.2) is 24.5 Å². The van der Waals surface area contributed by atoms with Crippen molar-refractivity contribution in [3.63, 3.8) is 0 Å². The van der Waals surface area contributed by atoms with E-state index in [2.05, 4.69) is 54.8 Å². The number of rotatable bonds is 5. The van der Waals surface area contributed by atoms with Crippen LogP contribution in [0.5, 0.6) is 0 Å². The molecule has 158 valence electrons. The van der Waals surface area contributed by atoms with Gasteiger partial charge in [0, 0.05) is 12.1 Å². The zero-order valence-corrected chi connectivity index (χ0v) is 18.3. The van der Waals surface area contributed by atoms with Crippen LogP contribution in [0.2, 0.25) is 0 Å². The highest BCUT2D eigenvalue weighted by molar-refractivity contribution is 5.84. The molecule has 1 aromatic carbocycles. The lowest BCUT2D eigenvalue weighted by molar-refractivity contribution is -0.164. The lowest BCUT2D eigenvalue weighted by Crippen LogP contribution is -2.63. The number of amides is 1. The van der Waals surface area contributed by atoms with Crippen molar-refractivity contribution in [2.24, 2.45) is 16.7 Å². The van der Waals surface area contributed by atoms with Crippen molar-refractivity contribution < 1.29 is 4.79 Å². The summed E-state index contributed by atoms with van der Waals surface area (Å²) < 4.78 is 0. The summed E-state index contributed by atoms with van der Waals surface area (Å²) in [6.45, 7) is 5.59. The van der Waals surface area contributed by atoms with E-state index in [4.69, 9.17) is 0 Å². The minimum Gasteiger partial charge on any atom is -0.353 e. The van der Waals surface area contributed by atoms with Crippen LogP contribution >= 0.6 is 0 Å². The highest BCUT2D eigenvalue weighted by Crippen LogP contribution is 2.71. The zero-order valence-electron chi connectivity index (χ0n) is 18.3. The van der Waals surface area contributed by atoms with Crippen molar-refractivity contribution in [3.05, 3.63) is 35.9 Å². The molecule has 1 amide bonds. The Morgan fingerprint density at radius 2 is 1.97 bits per heavy atom. The minimum atomic E-state index is -0.140. The van der Waals surface area contributed by atoms with E-state index >= 15 is 0 Å². The normalized spacial score (nSPS) is 43.3. The number of piperidine rings is 1. The topological polar surface area (TPSA) is 41.1 Å². The van der Waals surface area contributed by atoms with E-state index in [9.17, 15) is 4.79 Å². The molecule has 1 aromatic rings. The molecular weight excluding hydrogens is 356 g/mol. The van der Waals surface area contributed by atoms with Gasteiger partial charge in [-0.2, -0.15) is 0 Å². The van der Waals surface area contributed by atoms with Gasteiger partial charge in [-0.15, -0.1) is 0 Å². The predicted molar refractivity (Wildman–Crippen MR) is 118 cm³/mol. The standard InChI is InChI=1S/C26H38N2O/c1-3-10-24-13-20-14-25(16-24,21-7-5-4-6-8-21)18-26(15-20,17-24)23(29)28-22-9-11-27-19(2)12-22/h4-8,19-20,22,27H,3,9-18H2,1-2H3,(H,28,29)/t19-,20?,22-,24+,25+,26?/m0/s1. The molecule has 0 aromatic heterocycles. The molecule has 3 heteroatoms. The van der Waals surface area contributed by atoms with Crippen LogP contribution in [-0.2, 0) is 10.2 Å². The van der Waals surface area contributed by atoms with Gasteiger partial charge in [0.1, 0.15) is 0 Å². The minimum absolute atomic E-state index is 0.140. The van der Waals surface area contributed by atoms with Gasteiger partial charge >= 0.3 is 0 Å². The Bertz CT molecular complexity index is 763. The number of carbonyl (C=O) groups excluding carboxylic acids is 1. The number of carbonyl (C=O) groups is 1. The number of nitrogens with one attached hydrogen (secondary N) is 2. The van der Waals surface area contributed by atoms with E-state index in [1.807, 2.05) is 0 Å². The van der Waals surface area contributed by atoms with Gasteiger partial charge in [-0.05, 0) is 93.6 Å². The Morgan fingerprint density at radius 3 is 2.72 bits per heavy atom. The molecule has 1 heterocycles. The number of hydrogen-bond acceptors (Lipinski definition) is 2. The first kappa shape index (κ1) is 19.6. The molecule has 1 saturated heterocycles. The molecule has 29 heavy (non-hydrogen) atoms. The van der Waals surface area contributed by atoms with Crippen LogP contribution in [0.4, 0.5) is 0 Å². The fourth-order valence-corrected chi connectivity index (χ4v) is 8.42. The van der Waals surface area contributed by atoms with E-state index in [0.29, 0.717) is 23.4 Å². The molecule has 1 aliphatic heterocycles. The molecule has 5 fully saturated rings. The summed E-state index contributed by atoms with van der Waals surface area (Å²) in [5, 5.41) is 7.07. The summed E-state index contributed by atoms with van der Waals surface area (Å²) in [6.07, 6.45) is 11.9. The first-order valence-corrected chi connectivity index (χ1v) is 12.1. The maximum absolute atomic E-state index is 13.9. The molecule has 4 bridgehead atoms. The smallest absolute Gasteiger partial charge is 0.226 e. The number of benzene rings is 1. The Balaban J connectivity index is 1.47. The predicted octanol–water partition coefficient (Wildman–Crippen LogP) is 4.95. The third-order valence-electron chi connectivity index (χ3n) is 8.79. The van der Waals surface area contributed by atoms with Gasteiger partial charge in [0.25, 0.3) is 0 Å². The van der Waals surface area contributed by atoms with Crippen molar-refractivity contribution in [2.45, 2.75) is 95.6 Å². The summed E-state index contributed by atoms with van der Waals surface area (Å²) in [5.74, 6) is 1.11. The molecule has 3 nitrogen and oxygen atoms in total.